The smallest absolute Gasteiger partial charge is 0.287 e. The summed E-state index contributed by atoms with van der Waals surface area (Å²) >= 11 is 5.60. The minimum atomic E-state index is -4.61. The van der Waals surface area contributed by atoms with E-state index in [4.69, 9.17) is 11.6 Å². The number of hydrogen-bond acceptors (Lipinski definition) is 4. The molecule has 0 unspecified atom stereocenters. The van der Waals surface area contributed by atoms with Crippen molar-refractivity contribution in [1.29, 1.82) is 0 Å². The van der Waals surface area contributed by atoms with Crippen molar-refractivity contribution in [3.05, 3.63) is 52.8 Å². The fourth-order valence-electron chi connectivity index (χ4n) is 1.32. The second-order valence-corrected chi connectivity index (χ2v) is 3.81. The van der Waals surface area contributed by atoms with Gasteiger partial charge in [0.1, 0.15) is 16.5 Å². The highest BCUT2D eigenvalue weighted by molar-refractivity contribution is 6.33. The molecule has 98 valence electrons. The van der Waals surface area contributed by atoms with Gasteiger partial charge in [-0.2, -0.15) is 13.2 Å². The summed E-state index contributed by atoms with van der Waals surface area (Å²) in [6, 6.07) is 1.66. The molecule has 0 radical (unpaired) electrons. The Morgan fingerprint density at radius 1 is 1.21 bits per heavy atom. The molecule has 19 heavy (non-hydrogen) atoms. The number of aromatic nitrogens is 3. The van der Waals surface area contributed by atoms with E-state index < -0.39 is 22.8 Å². The van der Waals surface area contributed by atoms with E-state index in [-0.39, 0.29) is 11.3 Å². The molecular formula is C11H5ClF3N3O. The Labute approximate surface area is 110 Å². The topological polar surface area (TPSA) is 55.7 Å². The maximum atomic E-state index is 12.4. The van der Waals surface area contributed by atoms with Gasteiger partial charge >= 0.3 is 6.18 Å². The first-order valence-corrected chi connectivity index (χ1v) is 5.32. The molecule has 0 N–H and O–H groups in total. The Kier molecular flexibility index (Phi) is 3.48. The Hall–Kier alpha value is -2.02. The maximum absolute atomic E-state index is 12.4. The van der Waals surface area contributed by atoms with Crippen LogP contribution in [0, 0.1) is 0 Å². The molecular weight excluding hydrogens is 283 g/mol. The highest BCUT2D eigenvalue weighted by atomic mass is 35.5. The van der Waals surface area contributed by atoms with Crippen LogP contribution in [0.3, 0.4) is 0 Å². The molecule has 0 saturated carbocycles. The predicted molar refractivity (Wildman–Crippen MR) is 59.7 cm³/mol. The van der Waals surface area contributed by atoms with Crippen LogP contribution in [0.15, 0.2) is 30.7 Å². The van der Waals surface area contributed by atoms with Crippen LogP contribution in [0.1, 0.15) is 21.7 Å². The normalized spacial score (nSPS) is 11.4. The number of carbonyl (C=O) groups excluding carboxylic acids is 1. The van der Waals surface area contributed by atoms with Crippen molar-refractivity contribution in [3.8, 4) is 0 Å². The minimum absolute atomic E-state index is 0.0223. The average molecular weight is 288 g/mol. The standard InChI is InChI=1S/C11H5ClF3N3O/c12-10-6(1-2-8(18-10)11(13,14)15)9(19)7-5-16-3-4-17-7/h1-5H. The summed E-state index contributed by atoms with van der Waals surface area (Å²) in [5.74, 6) is -0.640. The van der Waals surface area contributed by atoms with Gasteiger partial charge in [0.2, 0.25) is 5.78 Å². The Bertz CT molecular complexity index is 616. The molecule has 0 aliphatic carbocycles. The summed E-state index contributed by atoms with van der Waals surface area (Å²) in [7, 11) is 0. The lowest BCUT2D eigenvalue weighted by Crippen LogP contribution is -2.11. The fraction of sp³-hybridized carbons (Fsp3) is 0.0909. The van der Waals surface area contributed by atoms with E-state index in [0.29, 0.717) is 6.07 Å². The van der Waals surface area contributed by atoms with Crippen LogP contribution < -0.4 is 0 Å². The molecule has 0 fully saturated rings. The summed E-state index contributed by atoms with van der Waals surface area (Å²) in [5, 5.41) is -0.523. The lowest BCUT2D eigenvalue weighted by molar-refractivity contribution is -0.141. The highest BCUT2D eigenvalue weighted by Crippen LogP contribution is 2.29. The van der Waals surface area contributed by atoms with E-state index in [9.17, 15) is 18.0 Å². The van der Waals surface area contributed by atoms with Crippen molar-refractivity contribution in [1.82, 2.24) is 15.0 Å². The van der Waals surface area contributed by atoms with Crippen molar-refractivity contribution < 1.29 is 18.0 Å². The van der Waals surface area contributed by atoms with Crippen LogP contribution in [-0.2, 0) is 6.18 Å². The summed E-state index contributed by atoms with van der Waals surface area (Å²) < 4.78 is 37.2. The Morgan fingerprint density at radius 3 is 2.47 bits per heavy atom. The quantitative estimate of drug-likeness (QED) is 0.629. The summed E-state index contributed by atoms with van der Waals surface area (Å²) in [6.07, 6.45) is -0.768. The van der Waals surface area contributed by atoms with Crippen molar-refractivity contribution in [2.75, 3.05) is 0 Å². The number of nitrogens with zero attached hydrogens (tertiary/aromatic N) is 3. The molecule has 2 heterocycles. The molecule has 0 amide bonds. The van der Waals surface area contributed by atoms with Crippen LogP contribution in [0.25, 0.3) is 0 Å². The van der Waals surface area contributed by atoms with Gasteiger partial charge in [-0.25, -0.2) is 9.97 Å². The number of hydrogen-bond donors (Lipinski definition) is 0. The van der Waals surface area contributed by atoms with E-state index in [0.717, 1.165) is 6.07 Å². The van der Waals surface area contributed by atoms with Crippen molar-refractivity contribution >= 4 is 17.4 Å². The van der Waals surface area contributed by atoms with Gasteiger partial charge in [0, 0.05) is 12.4 Å². The third-order valence-corrected chi connectivity index (χ3v) is 2.47. The molecule has 2 aromatic rings. The zero-order valence-corrected chi connectivity index (χ0v) is 9.90. The van der Waals surface area contributed by atoms with Gasteiger partial charge in [-0.3, -0.25) is 9.78 Å². The summed E-state index contributed by atoms with van der Waals surface area (Å²) in [6.45, 7) is 0. The molecule has 0 aliphatic rings. The van der Waals surface area contributed by atoms with Crippen LogP contribution >= 0.6 is 11.6 Å². The number of alkyl halides is 3. The van der Waals surface area contributed by atoms with Crippen molar-refractivity contribution in [3.63, 3.8) is 0 Å². The van der Waals surface area contributed by atoms with E-state index in [2.05, 4.69) is 15.0 Å². The highest BCUT2D eigenvalue weighted by Gasteiger charge is 2.33. The minimum Gasteiger partial charge on any atom is -0.287 e. The zero-order valence-electron chi connectivity index (χ0n) is 9.15. The summed E-state index contributed by atoms with van der Waals surface area (Å²) in [5.41, 5.74) is -1.34. The average Bonchev–Trinajstić information content (AvgIpc) is 2.38. The largest absolute Gasteiger partial charge is 0.433 e. The first kappa shape index (κ1) is 13.4. The third-order valence-electron chi connectivity index (χ3n) is 2.18. The number of pyridine rings is 1. The monoisotopic (exact) mass is 287 g/mol. The van der Waals surface area contributed by atoms with Gasteiger partial charge in [-0.05, 0) is 12.1 Å². The van der Waals surface area contributed by atoms with E-state index in [1.807, 2.05) is 0 Å². The molecule has 4 nitrogen and oxygen atoms in total. The second kappa shape index (κ2) is 4.93. The molecule has 2 aromatic heterocycles. The Balaban J connectivity index is 2.40. The van der Waals surface area contributed by atoms with Crippen molar-refractivity contribution in [2.45, 2.75) is 6.18 Å². The first-order chi connectivity index (χ1) is 8.89. The van der Waals surface area contributed by atoms with Gasteiger partial charge in [-0.15, -0.1) is 0 Å². The molecule has 8 heteroatoms. The van der Waals surface area contributed by atoms with Crippen LogP contribution in [-0.4, -0.2) is 20.7 Å². The molecule has 0 saturated heterocycles. The number of rotatable bonds is 2. The number of halogens is 4. The fourth-order valence-corrected chi connectivity index (χ4v) is 1.56. The summed E-state index contributed by atoms with van der Waals surface area (Å²) in [4.78, 5) is 22.5. The van der Waals surface area contributed by atoms with Crippen LogP contribution in [0.5, 0.6) is 0 Å². The Morgan fingerprint density at radius 2 is 1.95 bits per heavy atom. The van der Waals surface area contributed by atoms with Gasteiger partial charge in [0.15, 0.2) is 0 Å². The third kappa shape index (κ3) is 2.87. The molecule has 0 bridgehead atoms. The zero-order chi connectivity index (χ0) is 14.0. The van der Waals surface area contributed by atoms with Crippen LogP contribution in [0.2, 0.25) is 5.15 Å². The molecule has 0 aliphatic heterocycles. The van der Waals surface area contributed by atoms with Gasteiger partial charge in [-0.1, -0.05) is 11.6 Å². The maximum Gasteiger partial charge on any atom is 0.433 e. The molecule has 0 aromatic carbocycles. The molecule has 0 spiro atoms. The predicted octanol–water partition coefficient (Wildman–Crippen LogP) is 2.77. The lowest BCUT2D eigenvalue weighted by atomic mass is 10.1. The number of carbonyl (C=O) groups is 1. The second-order valence-electron chi connectivity index (χ2n) is 3.45. The lowest BCUT2D eigenvalue weighted by Gasteiger charge is -2.07. The van der Waals surface area contributed by atoms with E-state index >= 15 is 0 Å². The van der Waals surface area contributed by atoms with Gasteiger partial charge < -0.3 is 0 Å². The van der Waals surface area contributed by atoms with E-state index in [1.165, 1.54) is 18.6 Å². The van der Waals surface area contributed by atoms with Gasteiger partial charge in [0.05, 0.1) is 11.8 Å². The molecule has 2 rings (SSSR count). The molecule has 0 atom stereocenters. The SMILES string of the molecule is O=C(c1cnccn1)c1ccc(C(F)(F)F)nc1Cl. The van der Waals surface area contributed by atoms with Crippen molar-refractivity contribution in [2.24, 2.45) is 0 Å². The number of ketones is 1. The first-order valence-electron chi connectivity index (χ1n) is 4.94. The van der Waals surface area contributed by atoms with Gasteiger partial charge in [0.25, 0.3) is 0 Å². The van der Waals surface area contributed by atoms with Crippen LogP contribution in [0.4, 0.5) is 13.2 Å². The van der Waals surface area contributed by atoms with E-state index in [1.54, 1.807) is 0 Å².